The van der Waals surface area contributed by atoms with Crippen LogP contribution in [0.3, 0.4) is 0 Å². The minimum atomic E-state index is -0.864. The summed E-state index contributed by atoms with van der Waals surface area (Å²) in [6.07, 6.45) is -0.0455. The first kappa shape index (κ1) is 21.8. The molecule has 1 N–H and O–H groups in total. The van der Waals surface area contributed by atoms with Gasteiger partial charge in [-0.05, 0) is 38.3 Å². The summed E-state index contributed by atoms with van der Waals surface area (Å²) in [5, 5.41) is 9.80. The fourth-order valence-corrected chi connectivity index (χ4v) is 3.80. The largest absolute Gasteiger partial charge is 0.480 e. The van der Waals surface area contributed by atoms with Gasteiger partial charge in [0.2, 0.25) is 0 Å². The van der Waals surface area contributed by atoms with Gasteiger partial charge in [-0.25, -0.2) is 4.79 Å². The van der Waals surface area contributed by atoms with E-state index >= 15 is 0 Å². The summed E-state index contributed by atoms with van der Waals surface area (Å²) in [5.74, 6) is -0.864. The quantitative estimate of drug-likeness (QED) is 0.775. The third-order valence-electron chi connectivity index (χ3n) is 5.16. The maximum Gasteiger partial charge on any atom is 0.410 e. The third kappa shape index (κ3) is 5.83. The fourth-order valence-electron chi connectivity index (χ4n) is 3.80. The predicted molar refractivity (Wildman–Crippen MR) is 115 cm³/mol. The zero-order chi connectivity index (χ0) is 21.7. The molecule has 2 aromatic rings. The van der Waals surface area contributed by atoms with E-state index in [1.165, 1.54) is 0 Å². The van der Waals surface area contributed by atoms with Gasteiger partial charge in [-0.2, -0.15) is 0 Å². The molecule has 6 nitrogen and oxygen atoms in total. The number of ether oxygens (including phenoxy) is 1. The molecule has 1 fully saturated rings. The van der Waals surface area contributed by atoms with Crippen molar-refractivity contribution in [2.45, 2.75) is 58.0 Å². The van der Waals surface area contributed by atoms with Crippen LogP contribution >= 0.6 is 0 Å². The summed E-state index contributed by atoms with van der Waals surface area (Å²) < 4.78 is 5.65. The van der Waals surface area contributed by atoms with Crippen molar-refractivity contribution in [3.8, 4) is 0 Å². The number of hydrogen-bond donors (Lipinski definition) is 1. The summed E-state index contributed by atoms with van der Waals surface area (Å²) in [6, 6.07) is 18.6. The maximum atomic E-state index is 13.0. The highest BCUT2D eigenvalue weighted by Gasteiger charge is 2.41. The first-order chi connectivity index (χ1) is 14.2. The van der Waals surface area contributed by atoms with Crippen molar-refractivity contribution in [2.75, 3.05) is 6.54 Å². The monoisotopic (exact) mass is 410 g/mol. The molecule has 1 heterocycles. The highest BCUT2D eigenvalue weighted by atomic mass is 16.6. The number of carbonyl (C=O) groups is 2. The van der Waals surface area contributed by atoms with Crippen LogP contribution < -0.4 is 0 Å². The zero-order valence-corrected chi connectivity index (χ0v) is 17.8. The Hall–Kier alpha value is -2.86. The molecule has 2 aromatic carbocycles. The number of carboxylic acid groups (broad SMARTS) is 1. The zero-order valence-electron chi connectivity index (χ0n) is 17.8. The minimum absolute atomic E-state index is 0.245. The summed E-state index contributed by atoms with van der Waals surface area (Å²) in [4.78, 5) is 28.6. The number of aliphatic carboxylic acids is 1. The molecule has 30 heavy (non-hydrogen) atoms. The van der Waals surface area contributed by atoms with E-state index in [9.17, 15) is 14.7 Å². The Balaban J connectivity index is 1.82. The SMILES string of the molecule is CC(C)(C)OC(=O)N(Cc1ccccc1)C1CC(C(=O)O)N(Cc2ccccc2)C1. The van der Waals surface area contributed by atoms with Crippen molar-refractivity contribution in [3.05, 3.63) is 71.8 Å². The van der Waals surface area contributed by atoms with Crippen molar-refractivity contribution in [1.29, 1.82) is 0 Å². The Morgan fingerprint density at radius 2 is 1.60 bits per heavy atom. The van der Waals surface area contributed by atoms with Crippen LogP contribution in [-0.2, 0) is 22.6 Å². The molecule has 0 spiro atoms. The molecule has 0 bridgehead atoms. The topological polar surface area (TPSA) is 70.1 Å². The van der Waals surface area contributed by atoms with Crippen LogP contribution in [0, 0.1) is 0 Å². The molecule has 2 unspecified atom stereocenters. The number of amides is 1. The van der Waals surface area contributed by atoms with E-state index in [4.69, 9.17) is 4.74 Å². The Morgan fingerprint density at radius 3 is 2.13 bits per heavy atom. The minimum Gasteiger partial charge on any atom is -0.480 e. The van der Waals surface area contributed by atoms with E-state index < -0.39 is 23.7 Å². The Morgan fingerprint density at radius 1 is 1.03 bits per heavy atom. The van der Waals surface area contributed by atoms with E-state index in [0.29, 0.717) is 26.1 Å². The van der Waals surface area contributed by atoms with E-state index in [0.717, 1.165) is 11.1 Å². The lowest BCUT2D eigenvalue weighted by molar-refractivity contribution is -0.142. The summed E-state index contributed by atoms with van der Waals surface area (Å²) >= 11 is 0. The van der Waals surface area contributed by atoms with Crippen molar-refractivity contribution in [3.63, 3.8) is 0 Å². The van der Waals surface area contributed by atoms with Gasteiger partial charge in [0, 0.05) is 19.6 Å². The highest BCUT2D eigenvalue weighted by molar-refractivity contribution is 5.75. The van der Waals surface area contributed by atoms with Gasteiger partial charge in [-0.1, -0.05) is 60.7 Å². The van der Waals surface area contributed by atoms with E-state index in [1.807, 2.05) is 86.3 Å². The number of likely N-dealkylation sites (tertiary alicyclic amines) is 1. The van der Waals surface area contributed by atoms with Gasteiger partial charge in [0.15, 0.2) is 0 Å². The van der Waals surface area contributed by atoms with Gasteiger partial charge < -0.3 is 9.84 Å². The smallest absolute Gasteiger partial charge is 0.410 e. The lowest BCUT2D eigenvalue weighted by Crippen LogP contribution is -2.44. The van der Waals surface area contributed by atoms with Crippen LogP contribution in [0.2, 0.25) is 0 Å². The number of carbonyl (C=O) groups excluding carboxylic acids is 1. The summed E-state index contributed by atoms with van der Waals surface area (Å²) in [7, 11) is 0. The van der Waals surface area contributed by atoms with Gasteiger partial charge >= 0.3 is 12.1 Å². The number of nitrogens with zero attached hydrogens (tertiary/aromatic N) is 2. The van der Waals surface area contributed by atoms with Gasteiger partial charge in [0.05, 0.1) is 6.04 Å². The highest BCUT2D eigenvalue weighted by Crippen LogP contribution is 2.27. The van der Waals surface area contributed by atoms with E-state index in [1.54, 1.807) is 4.90 Å². The molecule has 1 aliphatic rings. The normalized spacial score (nSPS) is 19.4. The van der Waals surface area contributed by atoms with Gasteiger partial charge in [-0.15, -0.1) is 0 Å². The number of hydrogen-bond acceptors (Lipinski definition) is 4. The van der Waals surface area contributed by atoms with Crippen LogP contribution in [0.15, 0.2) is 60.7 Å². The van der Waals surface area contributed by atoms with Gasteiger partial charge in [0.25, 0.3) is 0 Å². The van der Waals surface area contributed by atoms with Crippen molar-refractivity contribution >= 4 is 12.1 Å². The molecule has 2 atom stereocenters. The molecule has 0 aliphatic carbocycles. The van der Waals surface area contributed by atoms with Crippen LogP contribution in [-0.4, -0.2) is 51.2 Å². The molecule has 0 radical (unpaired) electrons. The third-order valence-corrected chi connectivity index (χ3v) is 5.16. The molecule has 1 amide bonds. The second kappa shape index (κ2) is 9.30. The van der Waals surface area contributed by atoms with Crippen molar-refractivity contribution in [2.24, 2.45) is 0 Å². The van der Waals surface area contributed by atoms with E-state index in [-0.39, 0.29) is 6.04 Å². The Bertz CT molecular complexity index is 849. The fraction of sp³-hybridized carbons (Fsp3) is 0.417. The molecule has 160 valence electrons. The van der Waals surface area contributed by atoms with Crippen molar-refractivity contribution < 1.29 is 19.4 Å². The second-order valence-electron chi connectivity index (χ2n) is 8.75. The van der Waals surface area contributed by atoms with Crippen molar-refractivity contribution in [1.82, 2.24) is 9.80 Å². The average molecular weight is 411 g/mol. The first-order valence-corrected chi connectivity index (χ1v) is 10.3. The Labute approximate surface area is 178 Å². The lowest BCUT2D eigenvalue weighted by atomic mass is 10.1. The van der Waals surface area contributed by atoms with Gasteiger partial charge in [0.1, 0.15) is 11.6 Å². The average Bonchev–Trinajstić information content (AvgIpc) is 3.10. The molecular formula is C24H30N2O4. The van der Waals surface area contributed by atoms with Crippen LogP contribution in [0.4, 0.5) is 4.79 Å². The Kier molecular flexibility index (Phi) is 6.77. The van der Waals surface area contributed by atoms with Crippen LogP contribution in [0.25, 0.3) is 0 Å². The van der Waals surface area contributed by atoms with E-state index in [2.05, 4.69) is 0 Å². The molecular weight excluding hydrogens is 380 g/mol. The molecule has 1 saturated heterocycles. The van der Waals surface area contributed by atoms with Crippen LogP contribution in [0.1, 0.15) is 38.3 Å². The van der Waals surface area contributed by atoms with Crippen LogP contribution in [0.5, 0.6) is 0 Å². The lowest BCUT2D eigenvalue weighted by Gasteiger charge is -2.32. The second-order valence-corrected chi connectivity index (χ2v) is 8.75. The predicted octanol–water partition coefficient (Wildman–Crippen LogP) is 4.15. The first-order valence-electron chi connectivity index (χ1n) is 10.3. The standard InChI is InChI=1S/C24H30N2O4/c1-24(2,3)30-23(29)26(16-19-12-8-5-9-13-19)20-14-21(22(27)28)25(17-20)15-18-10-6-4-7-11-18/h4-13,20-21H,14-17H2,1-3H3,(H,27,28). The summed E-state index contributed by atoms with van der Waals surface area (Å²) in [6.45, 7) is 6.90. The number of benzene rings is 2. The maximum absolute atomic E-state index is 13.0. The van der Waals surface area contributed by atoms with Gasteiger partial charge in [-0.3, -0.25) is 14.6 Å². The summed E-state index contributed by atoms with van der Waals surface area (Å²) in [5.41, 5.74) is 1.41. The molecule has 0 saturated carbocycles. The number of carboxylic acids is 1. The molecule has 1 aliphatic heterocycles. The molecule has 3 rings (SSSR count). The molecule has 0 aromatic heterocycles. The number of rotatable bonds is 6. The molecule has 6 heteroatoms.